The third-order valence-electron chi connectivity index (χ3n) is 3.01. The van der Waals surface area contributed by atoms with Gasteiger partial charge in [-0.2, -0.15) is 0 Å². The Kier molecular flexibility index (Phi) is 6.37. The predicted molar refractivity (Wildman–Crippen MR) is 84.6 cm³/mol. The van der Waals surface area contributed by atoms with Crippen molar-refractivity contribution >= 4 is 31.9 Å². The van der Waals surface area contributed by atoms with E-state index in [4.69, 9.17) is 9.88 Å². The second kappa shape index (κ2) is 7.38. The molecule has 0 spiro atoms. The van der Waals surface area contributed by atoms with Gasteiger partial charge in [0.1, 0.15) is 0 Å². The summed E-state index contributed by atoms with van der Waals surface area (Å²) in [4.78, 5) is 12.0. The zero-order valence-electron chi connectivity index (χ0n) is 12.3. The van der Waals surface area contributed by atoms with Crippen LogP contribution in [0.1, 0.15) is 42.6 Å². The smallest absolute Gasteiger partial charge is 0.338 e. The van der Waals surface area contributed by atoms with Crippen LogP contribution in [0, 0.1) is 12.8 Å². The van der Waals surface area contributed by atoms with Crippen molar-refractivity contribution in [3.8, 4) is 0 Å². The van der Waals surface area contributed by atoms with Crippen molar-refractivity contribution in [3.63, 3.8) is 0 Å². The summed E-state index contributed by atoms with van der Waals surface area (Å²) in [5, 5.41) is 5.15. The molecule has 7 heteroatoms. The van der Waals surface area contributed by atoms with Crippen molar-refractivity contribution in [1.29, 1.82) is 0 Å². The first-order chi connectivity index (χ1) is 9.62. The standard InChI is InChI=1S/C14H20BrNO4S/c1-9(2)5-4-6-20-14(17)12-7-11(15)8-13(10(12)3)21(16,18)19/h7-9H,4-6H2,1-3H3,(H2,16,18,19). The van der Waals surface area contributed by atoms with E-state index in [1.807, 2.05) is 0 Å². The molecule has 5 nitrogen and oxygen atoms in total. The largest absolute Gasteiger partial charge is 0.462 e. The quantitative estimate of drug-likeness (QED) is 0.609. The lowest BCUT2D eigenvalue weighted by Crippen LogP contribution is -2.17. The lowest BCUT2D eigenvalue weighted by Gasteiger charge is -2.11. The fourth-order valence-electron chi connectivity index (χ4n) is 1.90. The Labute approximate surface area is 134 Å². The predicted octanol–water partition coefficient (Wildman–Crippen LogP) is 3.00. The molecule has 118 valence electrons. The van der Waals surface area contributed by atoms with E-state index in [9.17, 15) is 13.2 Å². The molecule has 0 bridgehead atoms. The molecule has 0 fully saturated rings. The average molecular weight is 378 g/mol. The minimum atomic E-state index is -3.89. The maximum Gasteiger partial charge on any atom is 0.338 e. The van der Waals surface area contributed by atoms with E-state index < -0.39 is 16.0 Å². The van der Waals surface area contributed by atoms with Crippen LogP contribution in [-0.2, 0) is 14.8 Å². The fourth-order valence-corrected chi connectivity index (χ4v) is 3.33. The van der Waals surface area contributed by atoms with Gasteiger partial charge < -0.3 is 4.74 Å². The van der Waals surface area contributed by atoms with Crippen molar-refractivity contribution in [2.24, 2.45) is 11.1 Å². The molecule has 21 heavy (non-hydrogen) atoms. The summed E-state index contributed by atoms with van der Waals surface area (Å²) in [6.45, 7) is 6.04. The van der Waals surface area contributed by atoms with Crippen LogP contribution >= 0.6 is 15.9 Å². The van der Waals surface area contributed by atoms with Crippen LogP contribution in [0.5, 0.6) is 0 Å². The SMILES string of the molecule is Cc1c(C(=O)OCCCC(C)C)cc(Br)cc1S(N)(=O)=O. The number of halogens is 1. The summed E-state index contributed by atoms with van der Waals surface area (Å²) in [5.74, 6) is 0.00718. The minimum absolute atomic E-state index is 0.0778. The molecule has 0 aliphatic heterocycles. The van der Waals surface area contributed by atoms with Crippen LogP contribution < -0.4 is 5.14 Å². The molecule has 0 atom stereocenters. The van der Waals surface area contributed by atoms with Crippen LogP contribution in [0.4, 0.5) is 0 Å². The number of carbonyl (C=O) groups is 1. The summed E-state index contributed by atoms with van der Waals surface area (Å²) < 4.78 is 28.7. The maximum absolute atomic E-state index is 12.1. The van der Waals surface area contributed by atoms with Crippen LogP contribution in [0.15, 0.2) is 21.5 Å². The van der Waals surface area contributed by atoms with E-state index in [0.29, 0.717) is 22.6 Å². The fraction of sp³-hybridized carbons (Fsp3) is 0.500. The zero-order chi connectivity index (χ0) is 16.2. The van der Waals surface area contributed by atoms with Gasteiger partial charge in [-0.1, -0.05) is 29.8 Å². The monoisotopic (exact) mass is 377 g/mol. The molecule has 0 saturated heterocycles. The number of hydrogen-bond acceptors (Lipinski definition) is 4. The molecule has 1 aromatic rings. The van der Waals surface area contributed by atoms with E-state index >= 15 is 0 Å². The van der Waals surface area contributed by atoms with Gasteiger partial charge >= 0.3 is 5.97 Å². The topological polar surface area (TPSA) is 86.5 Å². The van der Waals surface area contributed by atoms with Crippen LogP contribution in [0.2, 0.25) is 0 Å². The Morgan fingerprint density at radius 3 is 2.52 bits per heavy atom. The second-order valence-electron chi connectivity index (χ2n) is 5.29. The number of hydrogen-bond donors (Lipinski definition) is 1. The molecule has 1 rings (SSSR count). The van der Waals surface area contributed by atoms with Gasteiger partial charge in [-0.05, 0) is 43.4 Å². The van der Waals surface area contributed by atoms with Gasteiger partial charge in [-0.15, -0.1) is 0 Å². The molecule has 0 aromatic heterocycles. The molecular weight excluding hydrogens is 358 g/mol. The molecule has 0 radical (unpaired) electrons. The molecule has 0 aliphatic rings. The number of nitrogens with two attached hydrogens (primary N) is 1. The molecule has 1 aromatic carbocycles. The second-order valence-corrected chi connectivity index (χ2v) is 7.74. The molecule has 0 saturated carbocycles. The molecular formula is C14H20BrNO4S. The van der Waals surface area contributed by atoms with Gasteiger partial charge in [0.05, 0.1) is 17.1 Å². The van der Waals surface area contributed by atoms with E-state index in [2.05, 4.69) is 29.8 Å². The van der Waals surface area contributed by atoms with Crippen molar-refractivity contribution in [1.82, 2.24) is 0 Å². The van der Waals surface area contributed by atoms with Gasteiger partial charge in [0.25, 0.3) is 0 Å². The Bertz CT molecular complexity index is 626. The van der Waals surface area contributed by atoms with E-state index in [-0.39, 0.29) is 10.5 Å². The first kappa shape index (κ1) is 18.1. The highest BCUT2D eigenvalue weighted by Crippen LogP contribution is 2.24. The Morgan fingerprint density at radius 1 is 1.38 bits per heavy atom. The van der Waals surface area contributed by atoms with Crippen LogP contribution in [0.25, 0.3) is 0 Å². The van der Waals surface area contributed by atoms with E-state index in [1.165, 1.54) is 19.1 Å². The molecule has 0 unspecified atom stereocenters. The zero-order valence-corrected chi connectivity index (χ0v) is 14.8. The van der Waals surface area contributed by atoms with Crippen molar-refractivity contribution < 1.29 is 17.9 Å². The summed E-state index contributed by atoms with van der Waals surface area (Å²) in [6, 6.07) is 2.91. The number of sulfonamides is 1. The number of esters is 1. The highest BCUT2D eigenvalue weighted by Gasteiger charge is 2.20. The lowest BCUT2D eigenvalue weighted by atomic mass is 10.1. The van der Waals surface area contributed by atoms with Crippen LogP contribution in [0.3, 0.4) is 0 Å². The Morgan fingerprint density at radius 2 is 2.00 bits per heavy atom. The first-order valence-electron chi connectivity index (χ1n) is 6.63. The van der Waals surface area contributed by atoms with Crippen LogP contribution in [-0.4, -0.2) is 21.0 Å². The highest BCUT2D eigenvalue weighted by atomic mass is 79.9. The third-order valence-corrected chi connectivity index (χ3v) is 4.51. The summed E-state index contributed by atoms with van der Waals surface area (Å²) >= 11 is 3.18. The van der Waals surface area contributed by atoms with Gasteiger partial charge in [0.2, 0.25) is 10.0 Å². The molecule has 0 heterocycles. The van der Waals surface area contributed by atoms with Crippen molar-refractivity contribution in [2.45, 2.75) is 38.5 Å². The van der Waals surface area contributed by atoms with Gasteiger partial charge in [0, 0.05) is 4.47 Å². The highest BCUT2D eigenvalue weighted by molar-refractivity contribution is 9.10. The number of benzene rings is 1. The molecule has 0 aliphatic carbocycles. The number of carbonyl (C=O) groups excluding carboxylic acids is 1. The number of primary sulfonamides is 1. The normalized spacial score (nSPS) is 11.7. The van der Waals surface area contributed by atoms with E-state index in [1.54, 1.807) is 0 Å². The third kappa shape index (κ3) is 5.41. The van der Waals surface area contributed by atoms with Crippen molar-refractivity contribution in [3.05, 3.63) is 27.7 Å². The van der Waals surface area contributed by atoms with Gasteiger partial charge in [0.15, 0.2) is 0 Å². The Hall–Kier alpha value is -0.920. The molecule has 0 amide bonds. The van der Waals surface area contributed by atoms with Gasteiger partial charge in [-0.3, -0.25) is 0 Å². The van der Waals surface area contributed by atoms with E-state index in [0.717, 1.165) is 12.8 Å². The average Bonchev–Trinajstić information content (AvgIpc) is 2.35. The van der Waals surface area contributed by atoms with Crippen molar-refractivity contribution in [2.75, 3.05) is 6.61 Å². The lowest BCUT2D eigenvalue weighted by molar-refractivity contribution is 0.0493. The first-order valence-corrected chi connectivity index (χ1v) is 8.97. The summed E-state index contributed by atoms with van der Waals surface area (Å²) in [7, 11) is -3.89. The molecule has 2 N–H and O–H groups in total. The van der Waals surface area contributed by atoms with Gasteiger partial charge in [-0.25, -0.2) is 18.4 Å². The number of rotatable bonds is 6. The summed E-state index contributed by atoms with van der Waals surface area (Å²) in [5.41, 5.74) is 0.507. The summed E-state index contributed by atoms with van der Waals surface area (Å²) in [6.07, 6.45) is 1.74. The minimum Gasteiger partial charge on any atom is -0.462 e. The Balaban J connectivity index is 2.93. The number of ether oxygens (including phenoxy) is 1. The maximum atomic E-state index is 12.1.